The van der Waals surface area contributed by atoms with Crippen molar-refractivity contribution in [3.05, 3.63) is 29.8 Å². The Bertz CT molecular complexity index is 380. The second-order valence-electron chi connectivity index (χ2n) is 5.38. The first kappa shape index (κ1) is 10.2. The summed E-state index contributed by atoms with van der Waals surface area (Å²) in [6, 6.07) is 8.02. The summed E-state index contributed by atoms with van der Waals surface area (Å²) in [7, 11) is 0. The molecular formula is C14H19NO. The van der Waals surface area contributed by atoms with Gasteiger partial charge in [0.15, 0.2) is 0 Å². The number of benzene rings is 1. The van der Waals surface area contributed by atoms with Crippen molar-refractivity contribution in [2.45, 2.75) is 43.6 Å². The molecule has 2 nitrogen and oxygen atoms in total. The van der Waals surface area contributed by atoms with Crippen LogP contribution in [0.2, 0.25) is 0 Å². The lowest BCUT2D eigenvalue weighted by Gasteiger charge is -2.24. The molecule has 86 valence electrons. The fourth-order valence-corrected chi connectivity index (χ4v) is 3.55. The van der Waals surface area contributed by atoms with Crippen LogP contribution in [0.5, 0.6) is 5.75 Å². The van der Waals surface area contributed by atoms with Gasteiger partial charge in [-0.1, -0.05) is 25.0 Å². The Balaban J connectivity index is 1.93. The lowest BCUT2D eigenvalue weighted by Crippen LogP contribution is -2.26. The highest BCUT2D eigenvalue weighted by Gasteiger charge is 2.58. The highest BCUT2D eigenvalue weighted by molar-refractivity contribution is 5.40. The summed E-state index contributed by atoms with van der Waals surface area (Å²) in [5.74, 6) is 1.12. The largest absolute Gasteiger partial charge is 0.508 e. The van der Waals surface area contributed by atoms with Crippen LogP contribution in [0, 0.1) is 5.92 Å². The maximum absolute atomic E-state index is 9.34. The van der Waals surface area contributed by atoms with Gasteiger partial charge in [-0.2, -0.15) is 0 Å². The molecule has 2 saturated carbocycles. The normalized spacial score (nSPS) is 34.2. The van der Waals surface area contributed by atoms with Crippen molar-refractivity contribution < 1.29 is 5.11 Å². The third kappa shape index (κ3) is 1.36. The van der Waals surface area contributed by atoms with E-state index in [0.717, 1.165) is 12.3 Å². The van der Waals surface area contributed by atoms with Crippen LogP contribution in [0.15, 0.2) is 24.3 Å². The zero-order chi connectivity index (χ0) is 11.2. The predicted octanol–water partition coefficient (Wildman–Crippen LogP) is 2.55. The molecule has 2 aliphatic rings. The Morgan fingerprint density at radius 3 is 2.19 bits per heavy atom. The number of phenolic OH excluding ortho intramolecular Hbond substituents is 1. The van der Waals surface area contributed by atoms with E-state index in [1.54, 1.807) is 12.1 Å². The third-order valence-electron chi connectivity index (χ3n) is 4.55. The zero-order valence-electron chi connectivity index (χ0n) is 9.52. The Morgan fingerprint density at radius 2 is 1.69 bits per heavy atom. The fourth-order valence-electron chi connectivity index (χ4n) is 3.55. The van der Waals surface area contributed by atoms with Gasteiger partial charge in [0, 0.05) is 11.5 Å². The molecule has 3 N–H and O–H groups in total. The first-order chi connectivity index (χ1) is 7.73. The van der Waals surface area contributed by atoms with Gasteiger partial charge in [-0.3, -0.25) is 0 Å². The van der Waals surface area contributed by atoms with Gasteiger partial charge < -0.3 is 10.8 Å². The van der Waals surface area contributed by atoms with Crippen molar-refractivity contribution in [2.24, 2.45) is 11.7 Å². The summed E-state index contributed by atoms with van der Waals surface area (Å²) in [4.78, 5) is 0. The minimum atomic E-state index is 0.240. The lowest BCUT2D eigenvalue weighted by atomic mass is 9.81. The van der Waals surface area contributed by atoms with Crippen LogP contribution < -0.4 is 5.73 Å². The maximum Gasteiger partial charge on any atom is 0.115 e. The molecule has 0 radical (unpaired) electrons. The average Bonchev–Trinajstić information content (AvgIpc) is 2.77. The number of aromatic hydroxyl groups is 1. The Kier molecular flexibility index (Phi) is 2.21. The summed E-state index contributed by atoms with van der Waals surface area (Å²) < 4.78 is 0. The van der Waals surface area contributed by atoms with Gasteiger partial charge in [0.1, 0.15) is 5.75 Å². The Morgan fingerprint density at radius 1 is 1.12 bits per heavy atom. The van der Waals surface area contributed by atoms with Crippen LogP contribution in [-0.2, 0) is 5.41 Å². The molecule has 2 aliphatic carbocycles. The molecule has 3 rings (SSSR count). The molecule has 2 fully saturated rings. The molecule has 1 unspecified atom stereocenters. The molecule has 0 aromatic heterocycles. The van der Waals surface area contributed by atoms with Crippen molar-refractivity contribution in [1.82, 2.24) is 0 Å². The first-order valence-electron chi connectivity index (χ1n) is 6.28. The van der Waals surface area contributed by atoms with Gasteiger partial charge in [0.2, 0.25) is 0 Å². The molecule has 0 heterocycles. The molecular weight excluding hydrogens is 198 g/mol. The first-order valence-corrected chi connectivity index (χ1v) is 6.28. The quantitative estimate of drug-likeness (QED) is 0.799. The summed E-state index contributed by atoms with van der Waals surface area (Å²) in [5.41, 5.74) is 7.77. The molecule has 0 saturated heterocycles. The summed E-state index contributed by atoms with van der Waals surface area (Å²) in [5, 5.41) is 9.34. The summed E-state index contributed by atoms with van der Waals surface area (Å²) in [6.07, 6.45) is 6.50. The molecule has 0 spiro atoms. The van der Waals surface area contributed by atoms with Gasteiger partial charge >= 0.3 is 0 Å². The highest BCUT2D eigenvalue weighted by Crippen LogP contribution is 2.57. The highest BCUT2D eigenvalue weighted by atomic mass is 16.3. The summed E-state index contributed by atoms with van der Waals surface area (Å²) in [6.45, 7) is 0. The molecule has 1 aromatic rings. The van der Waals surface area contributed by atoms with Gasteiger partial charge in [0.05, 0.1) is 0 Å². The van der Waals surface area contributed by atoms with E-state index >= 15 is 0 Å². The minimum absolute atomic E-state index is 0.240. The monoisotopic (exact) mass is 217 g/mol. The van der Waals surface area contributed by atoms with Crippen LogP contribution in [0.25, 0.3) is 0 Å². The SMILES string of the molecule is N[C@@H]1CC1(c1ccc(O)cc1)C1CCCC1. The maximum atomic E-state index is 9.34. The van der Waals surface area contributed by atoms with Crippen molar-refractivity contribution in [1.29, 1.82) is 0 Å². The van der Waals surface area contributed by atoms with Crippen molar-refractivity contribution in [2.75, 3.05) is 0 Å². The van der Waals surface area contributed by atoms with E-state index in [4.69, 9.17) is 5.73 Å². The lowest BCUT2D eigenvalue weighted by molar-refractivity contribution is 0.403. The third-order valence-corrected chi connectivity index (χ3v) is 4.55. The molecule has 2 heteroatoms. The number of phenols is 1. The average molecular weight is 217 g/mol. The van der Waals surface area contributed by atoms with Crippen LogP contribution in [-0.4, -0.2) is 11.1 Å². The number of nitrogens with two attached hydrogens (primary N) is 1. The van der Waals surface area contributed by atoms with Crippen LogP contribution in [0.1, 0.15) is 37.7 Å². The zero-order valence-corrected chi connectivity index (χ0v) is 9.52. The van der Waals surface area contributed by atoms with Crippen molar-refractivity contribution in [3.63, 3.8) is 0 Å². The standard InChI is InChI=1S/C14H19NO/c15-13-9-14(13,10-3-1-2-4-10)11-5-7-12(16)8-6-11/h5-8,10,13,16H,1-4,9,15H2/t13-,14?/m1/s1. The van der Waals surface area contributed by atoms with Gasteiger partial charge in [0.25, 0.3) is 0 Å². The van der Waals surface area contributed by atoms with E-state index in [2.05, 4.69) is 12.1 Å². The van der Waals surface area contributed by atoms with Gasteiger partial charge in [-0.15, -0.1) is 0 Å². The molecule has 0 bridgehead atoms. The molecule has 1 aromatic carbocycles. The van der Waals surface area contributed by atoms with Gasteiger partial charge in [-0.05, 0) is 42.9 Å². The van der Waals surface area contributed by atoms with E-state index in [0.29, 0.717) is 11.8 Å². The molecule has 0 aliphatic heterocycles. The summed E-state index contributed by atoms with van der Waals surface area (Å²) >= 11 is 0. The minimum Gasteiger partial charge on any atom is -0.508 e. The Labute approximate surface area is 96.5 Å². The van der Waals surface area contributed by atoms with E-state index in [1.807, 2.05) is 0 Å². The topological polar surface area (TPSA) is 46.2 Å². The van der Waals surface area contributed by atoms with E-state index < -0.39 is 0 Å². The molecule has 16 heavy (non-hydrogen) atoms. The van der Waals surface area contributed by atoms with Crippen molar-refractivity contribution >= 4 is 0 Å². The van der Waals surface area contributed by atoms with E-state index in [-0.39, 0.29) is 5.41 Å². The van der Waals surface area contributed by atoms with E-state index in [9.17, 15) is 5.11 Å². The number of hydrogen-bond acceptors (Lipinski definition) is 2. The van der Waals surface area contributed by atoms with Gasteiger partial charge in [-0.25, -0.2) is 0 Å². The fraction of sp³-hybridized carbons (Fsp3) is 0.571. The van der Waals surface area contributed by atoms with E-state index in [1.165, 1.54) is 31.2 Å². The molecule has 0 amide bonds. The smallest absolute Gasteiger partial charge is 0.115 e. The van der Waals surface area contributed by atoms with Crippen LogP contribution >= 0.6 is 0 Å². The number of rotatable bonds is 2. The van der Waals surface area contributed by atoms with Crippen LogP contribution in [0.3, 0.4) is 0 Å². The second kappa shape index (κ2) is 3.49. The Hall–Kier alpha value is -1.02. The predicted molar refractivity (Wildman–Crippen MR) is 64.3 cm³/mol. The molecule has 2 atom stereocenters. The second-order valence-corrected chi connectivity index (χ2v) is 5.38. The number of hydrogen-bond donors (Lipinski definition) is 2. The van der Waals surface area contributed by atoms with Crippen molar-refractivity contribution in [3.8, 4) is 5.75 Å². The van der Waals surface area contributed by atoms with Crippen LogP contribution in [0.4, 0.5) is 0 Å².